The van der Waals surface area contributed by atoms with Crippen LogP contribution in [0.15, 0.2) is 29.2 Å². The Morgan fingerprint density at radius 1 is 1.03 bits per heavy atom. The Bertz CT molecular complexity index is 846. The molecule has 1 aromatic rings. The fourth-order valence-electron chi connectivity index (χ4n) is 4.12. The van der Waals surface area contributed by atoms with Gasteiger partial charge < -0.3 is 9.80 Å². The van der Waals surface area contributed by atoms with Crippen molar-refractivity contribution in [2.24, 2.45) is 5.92 Å². The molecule has 2 fully saturated rings. The van der Waals surface area contributed by atoms with Crippen molar-refractivity contribution in [3.05, 3.63) is 30.1 Å². The van der Waals surface area contributed by atoms with Crippen LogP contribution in [0.4, 0.5) is 4.39 Å². The van der Waals surface area contributed by atoms with Crippen LogP contribution in [-0.2, 0) is 19.6 Å². The van der Waals surface area contributed by atoms with Gasteiger partial charge in [-0.05, 0) is 43.5 Å². The monoisotopic (exact) mass is 439 g/mol. The fourth-order valence-corrected chi connectivity index (χ4v) is 5.33. The molecule has 0 radical (unpaired) electrons. The van der Waals surface area contributed by atoms with Crippen molar-refractivity contribution in [2.45, 2.75) is 43.4 Å². The second-order valence-electron chi connectivity index (χ2n) is 8.07. The number of benzene rings is 1. The molecule has 3 rings (SSSR count). The molecule has 1 aromatic carbocycles. The molecule has 0 spiro atoms. The molecule has 0 atom stereocenters. The third-order valence-electron chi connectivity index (χ3n) is 6.03. The van der Waals surface area contributed by atoms with Crippen LogP contribution >= 0.6 is 0 Å². The van der Waals surface area contributed by atoms with E-state index in [0.29, 0.717) is 32.6 Å². The highest BCUT2D eigenvalue weighted by atomic mass is 32.2. The van der Waals surface area contributed by atoms with Gasteiger partial charge in [-0.2, -0.15) is 0 Å². The van der Waals surface area contributed by atoms with Gasteiger partial charge in [-0.25, -0.2) is 17.1 Å². The van der Waals surface area contributed by atoms with Gasteiger partial charge in [0.2, 0.25) is 21.8 Å². The second-order valence-corrected chi connectivity index (χ2v) is 10.1. The molecule has 0 N–H and O–H groups in total. The number of nitrogens with zero attached hydrogens (tertiary/aromatic N) is 3. The first-order valence-electron chi connectivity index (χ1n) is 10.6. The van der Waals surface area contributed by atoms with Crippen LogP contribution in [0.5, 0.6) is 0 Å². The smallest absolute Gasteiger partial charge is 0.242 e. The van der Waals surface area contributed by atoms with E-state index in [1.54, 1.807) is 4.90 Å². The maximum atomic E-state index is 13.0. The summed E-state index contributed by atoms with van der Waals surface area (Å²) in [5, 5.41) is 0. The number of halogens is 1. The molecular formula is C21H30FN3O4S. The van der Waals surface area contributed by atoms with Crippen LogP contribution in [0.2, 0.25) is 0 Å². The quantitative estimate of drug-likeness (QED) is 0.652. The first kappa shape index (κ1) is 22.7. The lowest BCUT2D eigenvalue weighted by Crippen LogP contribution is -2.51. The molecule has 7 nitrogen and oxygen atoms in total. The summed E-state index contributed by atoms with van der Waals surface area (Å²) in [6.07, 6.45) is 4.86. The molecule has 0 aromatic heterocycles. The Hall–Kier alpha value is -2.00. The molecule has 1 saturated carbocycles. The maximum absolute atomic E-state index is 13.0. The Balaban J connectivity index is 1.41. The van der Waals surface area contributed by atoms with Crippen molar-refractivity contribution in [3.8, 4) is 0 Å². The van der Waals surface area contributed by atoms with E-state index in [9.17, 15) is 22.4 Å². The van der Waals surface area contributed by atoms with Crippen LogP contribution in [0.25, 0.3) is 0 Å². The predicted octanol–water partition coefficient (Wildman–Crippen LogP) is 2.09. The number of amides is 2. The lowest BCUT2D eigenvalue weighted by atomic mass is 10.1. The number of hydrogen-bond donors (Lipinski definition) is 0. The average Bonchev–Trinajstić information content (AvgIpc) is 3.28. The molecule has 2 amide bonds. The minimum Gasteiger partial charge on any atom is -0.339 e. The van der Waals surface area contributed by atoms with Crippen molar-refractivity contribution in [2.75, 3.05) is 39.8 Å². The lowest BCUT2D eigenvalue weighted by Gasteiger charge is -2.36. The van der Waals surface area contributed by atoms with Gasteiger partial charge in [-0.15, -0.1) is 0 Å². The highest BCUT2D eigenvalue weighted by Gasteiger charge is 2.30. The van der Waals surface area contributed by atoms with E-state index in [4.69, 9.17) is 0 Å². The number of sulfonamides is 1. The summed E-state index contributed by atoms with van der Waals surface area (Å²) < 4.78 is 39.2. The third kappa shape index (κ3) is 5.37. The van der Waals surface area contributed by atoms with Crippen LogP contribution < -0.4 is 0 Å². The van der Waals surface area contributed by atoms with Gasteiger partial charge in [0.1, 0.15) is 5.82 Å². The van der Waals surface area contributed by atoms with Crippen molar-refractivity contribution in [1.29, 1.82) is 0 Å². The second kappa shape index (κ2) is 9.87. The van der Waals surface area contributed by atoms with Gasteiger partial charge in [-0.1, -0.05) is 12.8 Å². The lowest BCUT2D eigenvalue weighted by molar-refractivity contribution is -0.142. The van der Waals surface area contributed by atoms with E-state index in [1.807, 2.05) is 4.90 Å². The van der Waals surface area contributed by atoms with Crippen LogP contribution in [0.3, 0.4) is 0 Å². The zero-order valence-electron chi connectivity index (χ0n) is 17.4. The van der Waals surface area contributed by atoms with Crippen LogP contribution in [0, 0.1) is 11.7 Å². The van der Waals surface area contributed by atoms with Crippen molar-refractivity contribution in [3.63, 3.8) is 0 Å². The molecule has 1 saturated heterocycles. The van der Waals surface area contributed by atoms with Gasteiger partial charge >= 0.3 is 0 Å². The molecule has 2 aliphatic rings. The SMILES string of the molecule is CN(CCCC(=O)N1CCN(C(=O)C2CCCC2)CC1)S(=O)(=O)c1ccc(F)cc1. The first-order chi connectivity index (χ1) is 14.3. The summed E-state index contributed by atoms with van der Waals surface area (Å²) >= 11 is 0. The maximum Gasteiger partial charge on any atom is 0.242 e. The number of piperazine rings is 1. The molecule has 0 unspecified atom stereocenters. The van der Waals surface area contributed by atoms with Gasteiger partial charge in [0.05, 0.1) is 4.90 Å². The number of carbonyl (C=O) groups excluding carboxylic acids is 2. The largest absolute Gasteiger partial charge is 0.339 e. The zero-order chi connectivity index (χ0) is 21.7. The summed E-state index contributed by atoms with van der Waals surface area (Å²) in [6.45, 7) is 2.40. The minimum atomic E-state index is -3.71. The normalized spacial score (nSPS) is 18.2. The van der Waals surface area contributed by atoms with Gasteiger partial charge in [0.25, 0.3) is 0 Å². The van der Waals surface area contributed by atoms with Gasteiger partial charge in [0, 0.05) is 52.1 Å². The summed E-state index contributed by atoms with van der Waals surface area (Å²) in [6, 6.07) is 4.69. The molecule has 1 aliphatic heterocycles. The predicted molar refractivity (Wildman–Crippen MR) is 111 cm³/mol. The molecular weight excluding hydrogens is 409 g/mol. The van der Waals surface area contributed by atoms with Gasteiger partial charge in [-0.3, -0.25) is 9.59 Å². The Kier molecular flexibility index (Phi) is 7.46. The number of rotatable bonds is 7. The van der Waals surface area contributed by atoms with E-state index < -0.39 is 15.8 Å². The van der Waals surface area contributed by atoms with Gasteiger partial charge in [0.15, 0.2) is 0 Å². The fraction of sp³-hybridized carbons (Fsp3) is 0.619. The van der Waals surface area contributed by atoms with E-state index in [0.717, 1.165) is 37.8 Å². The first-order valence-corrected chi connectivity index (χ1v) is 12.0. The Morgan fingerprint density at radius 3 is 2.20 bits per heavy atom. The van der Waals surface area contributed by atoms with E-state index in [1.165, 1.54) is 23.5 Å². The zero-order valence-corrected chi connectivity index (χ0v) is 18.2. The van der Waals surface area contributed by atoms with E-state index >= 15 is 0 Å². The Morgan fingerprint density at radius 2 is 1.60 bits per heavy atom. The van der Waals surface area contributed by atoms with Crippen LogP contribution in [-0.4, -0.2) is 74.1 Å². The van der Waals surface area contributed by atoms with E-state index in [2.05, 4.69) is 0 Å². The molecule has 1 aliphatic carbocycles. The summed E-state index contributed by atoms with van der Waals surface area (Å²) in [5.74, 6) is -0.124. The summed E-state index contributed by atoms with van der Waals surface area (Å²) in [4.78, 5) is 28.6. The molecule has 0 bridgehead atoms. The number of carbonyl (C=O) groups is 2. The molecule has 9 heteroatoms. The molecule has 166 valence electrons. The highest BCUT2D eigenvalue weighted by Crippen LogP contribution is 2.27. The van der Waals surface area contributed by atoms with Crippen molar-refractivity contribution in [1.82, 2.24) is 14.1 Å². The third-order valence-corrected chi connectivity index (χ3v) is 7.91. The Labute approximate surface area is 177 Å². The summed E-state index contributed by atoms with van der Waals surface area (Å²) in [7, 11) is -2.25. The average molecular weight is 440 g/mol. The molecule has 30 heavy (non-hydrogen) atoms. The summed E-state index contributed by atoms with van der Waals surface area (Å²) in [5.41, 5.74) is 0. The minimum absolute atomic E-state index is 0.0180. The van der Waals surface area contributed by atoms with E-state index in [-0.39, 0.29) is 35.6 Å². The number of hydrogen-bond acceptors (Lipinski definition) is 4. The topological polar surface area (TPSA) is 78.0 Å². The van der Waals surface area contributed by atoms with Crippen molar-refractivity contribution >= 4 is 21.8 Å². The standard InChI is InChI=1S/C21H30FN3O4S/c1-23(30(28,29)19-10-8-18(22)9-11-19)12-4-7-20(26)24-13-15-25(16-14-24)21(27)17-5-2-3-6-17/h8-11,17H,2-7,12-16H2,1H3. The highest BCUT2D eigenvalue weighted by molar-refractivity contribution is 7.89. The molecule has 1 heterocycles. The van der Waals surface area contributed by atoms with Crippen molar-refractivity contribution < 1.29 is 22.4 Å². The van der Waals surface area contributed by atoms with Crippen LogP contribution in [0.1, 0.15) is 38.5 Å².